The van der Waals surface area contributed by atoms with Gasteiger partial charge in [0.2, 0.25) is 0 Å². The molecule has 136 valence electrons. The lowest BCUT2D eigenvalue weighted by Crippen LogP contribution is -2.31. The molecule has 0 aliphatic rings. The van der Waals surface area contributed by atoms with Gasteiger partial charge in [0.15, 0.2) is 0 Å². The quantitative estimate of drug-likeness (QED) is 0.737. The lowest BCUT2D eigenvalue weighted by atomic mass is 9.92. The summed E-state index contributed by atoms with van der Waals surface area (Å²) in [5, 5.41) is 9.14. The van der Waals surface area contributed by atoms with E-state index in [9.17, 15) is 9.59 Å². The smallest absolute Gasteiger partial charge is 0.264 e. The van der Waals surface area contributed by atoms with Crippen molar-refractivity contribution in [2.75, 3.05) is 7.05 Å². The van der Waals surface area contributed by atoms with Gasteiger partial charge in [-0.15, -0.1) is 11.3 Å². The minimum atomic E-state index is -0.444. The standard InChI is InChI=1S/C18H21N5O2S/c1-18(2,3)14-8-11(21-22-14)10-23(4)17(25)12-9-19-15(20-16(12)24)13-6-5-7-26-13/h5-9H,10H2,1-4H3,(H,21,22)(H,19,20,24). The molecule has 3 aromatic rings. The molecule has 3 heterocycles. The fourth-order valence-electron chi connectivity index (χ4n) is 2.45. The lowest BCUT2D eigenvalue weighted by molar-refractivity contribution is 0.0781. The summed E-state index contributed by atoms with van der Waals surface area (Å²) in [6, 6.07) is 5.68. The summed E-state index contributed by atoms with van der Waals surface area (Å²) >= 11 is 1.47. The Balaban J connectivity index is 1.76. The van der Waals surface area contributed by atoms with Gasteiger partial charge in [-0.1, -0.05) is 26.8 Å². The van der Waals surface area contributed by atoms with Gasteiger partial charge in [-0.2, -0.15) is 5.10 Å². The van der Waals surface area contributed by atoms with Gasteiger partial charge in [0.25, 0.3) is 11.5 Å². The molecule has 0 unspecified atom stereocenters. The van der Waals surface area contributed by atoms with Crippen LogP contribution in [0.1, 0.15) is 42.5 Å². The van der Waals surface area contributed by atoms with E-state index < -0.39 is 5.56 Å². The Labute approximate surface area is 155 Å². The van der Waals surface area contributed by atoms with E-state index in [0.29, 0.717) is 12.4 Å². The Bertz CT molecular complexity index is 966. The Morgan fingerprint density at radius 1 is 1.35 bits per heavy atom. The van der Waals surface area contributed by atoms with Crippen LogP contribution in [0.2, 0.25) is 0 Å². The van der Waals surface area contributed by atoms with Crippen LogP contribution in [0.5, 0.6) is 0 Å². The highest BCUT2D eigenvalue weighted by Crippen LogP contribution is 2.21. The summed E-state index contributed by atoms with van der Waals surface area (Å²) in [4.78, 5) is 34.1. The van der Waals surface area contributed by atoms with E-state index in [-0.39, 0.29) is 16.9 Å². The molecule has 0 aromatic carbocycles. The number of hydrogen-bond acceptors (Lipinski definition) is 5. The molecule has 2 N–H and O–H groups in total. The molecule has 8 heteroatoms. The summed E-state index contributed by atoms with van der Waals surface area (Å²) in [6.07, 6.45) is 1.33. The zero-order valence-corrected chi connectivity index (χ0v) is 16.0. The van der Waals surface area contributed by atoms with Crippen LogP contribution in [0.4, 0.5) is 0 Å². The van der Waals surface area contributed by atoms with Gasteiger partial charge in [0, 0.05) is 18.7 Å². The zero-order chi connectivity index (χ0) is 18.9. The molecular weight excluding hydrogens is 350 g/mol. The maximum Gasteiger partial charge on any atom is 0.264 e. The van der Waals surface area contributed by atoms with Crippen molar-refractivity contribution in [1.29, 1.82) is 0 Å². The van der Waals surface area contributed by atoms with Crippen LogP contribution in [0.3, 0.4) is 0 Å². The van der Waals surface area contributed by atoms with E-state index in [1.54, 1.807) is 7.05 Å². The Kier molecular flexibility index (Phi) is 4.78. The number of carbonyl (C=O) groups excluding carboxylic acids is 1. The first-order chi connectivity index (χ1) is 12.3. The first-order valence-corrected chi connectivity index (χ1v) is 9.07. The number of aromatic nitrogens is 4. The van der Waals surface area contributed by atoms with Crippen LogP contribution in [-0.4, -0.2) is 38.0 Å². The van der Waals surface area contributed by atoms with Crippen LogP contribution in [0, 0.1) is 0 Å². The number of H-pyrrole nitrogens is 2. The first-order valence-electron chi connectivity index (χ1n) is 8.19. The van der Waals surface area contributed by atoms with Crippen molar-refractivity contribution in [2.24, 2.45) is 0 Å². The summed E-state index contributed by atoms with van der Waals surface area (Å²) < 4.78 is 0. The number of rotatable bonds is 4. The van der Waals surface area contributed by atoms with Gasteiger partial charge >= 0.3 is 0 Å². The van der Waals surface area contributed by atoms with E-state index in [0.717, 1.165) is 16.3 Å². The summed E-state index contributed by atoms with van der Waals surface area (Å²) in [5.74, 6) is 0.0796. The third kappa shape index (κ3) is 3.75. The predicted octanol–water partition coefficient (Wildman–Crippen LogP) is 2.79. The number of hydrogen-bond donors (Lipinski definition) is 2. The van der Waals surface area contributed by atoms with Crippen LogP contribution in [0.15, 0.2) is 34.6 Å². The topological polar surface area (TPSA) is 94.7 Å². The second-order valence-corrected chi connectivity index (χ2v) is 8.09. The molecule has 3 rings (SSSR count). The van der Waals surface area contributed by atoms with Crippen LogP contribution in [0.25, 0.3) is 10.7 Å². The predicted molar refractivity (Wildman–Crippen MR) is 101 cm³/mol. The molecule has 0 radical (unpaired) electrons. The van der Waals surface area contributed by atoms with E-state index in [4.69, 9.17) is 0 Å². The number of carbonyl (C=O) groups is 1. The Morgan fingerprint density at radius 3 is 2.69 bits per heavy atom. The van der Waals surface area contributed by atoms with Gasteiger partial charge < -0.3 is 9.88 Å². The highest BCUT2D eigenvalue weighted by Gasteiger charge is 2.20. The molecule has 0 spiro atoms. The molecule has 3 aromatic heterocycles. The molecule has 0 aliphatic carbocycles. The molecule has 0 bridgehead atoms. The highest BCUT2D eigenvalue weighted by molar-refractivity contribution is 7.13. The largest absolute Gasteiger partial charge is 0.336 e. The normalized spacial score (nSPS) is 11.5. The Hall–Kier alpha value is -2.74. The maximum atomic E-state index is 12.6. The zero-order valence-electron chi connectivity index (χ0n) is 15.2. The van der Waals surface area contributed by atoms with Crippen molar-refractivity contribution in [3.05, 3.63) is 57.1 Å². The number of amides is 1. The van der Waals surface area contributed by atoms with Gasteiger partial charge in [0.1, 0.15) is 11.4 Å². The molecule has 0 fully saturated rings. The highest BCUT2D eigenvalue weighted by atomic mass is 32.1. The van der Waals surface area contributed by atoms with Gasteiger partial charge in [0.05, 0.1) is 22.8 Å². The van der Waals surface area contributed by atoms with Crippen molar-refractivity contribution < 1.29 is 4.79 Å². The molecule has 0 saturated carbocycles. The fraction of sp³-hybridized carbons (Fsp3) is 0.333. The van der Waals surface area contributed by atoms with Crippen LogP contribution in [-0.2, 0) is 12.0 Å². The monoisotopic (exact) mass is 371 g/mol. The SMILES string of the molecule is CN(Cc1cc(C(C)(C)C)n[nH]1)C(=O)c1cnc(-c2cccs2)[nH]c1=O. The number of nitrogens with one attached hydrogen (secondary N) is 2. The summed E-state index contributed by atoms with van der Waals surface area (Å²) in [6.45, 7) is 6.54. The van der Waals surface area contributed by atoms with Gasteiger partial charge in [-0.25, -0.2) is 4.98 Å². The van der Waals surface area contributed by atoms with Crippen molar-refractivity contribution in [1.82, 2.24) is 25.1 Å². The molecule has 0 aliphatic heterocycles. The van der Waals surface area contributed by atoms with Crippen molar-refractivity contribution in [2.45, 2.75) is 32.7 Å². The van der Waals surface area contributed by atoms with Crippen LogP contribution < -0.4 is 5.56 Å². The summed E-state index contributed by atoms with van der Waals surface area (Å²) in [7, 11) is 1.65. The van der Waals surface area contributed by atoms with Crippen molar-refractivity contribution >= 4 is 17.2 Å². The molecule has 1 amide bonds. The van der Waals surface area contributed by atoms with Gasteiger partial charge in [-0.3, -0.25) is 14.7 Å². The van der Waals surface area contributed by atoms with Crippen LogP contribution >= 0.6 is 11.3 Å². The van der Waals surface area contributed by atoms with Gasteiger partial charge in [-0.05, 0) is 17.5 Å². The van der Waals surface area contributed by atoms with E-state index >= 15 is 0 Å². The molecule has 7 nitrogen and oxygen atoms in total. The number of aromatic amines is 2. The van der Waals surface area contributed by atoms with E-state index in [1.165, 1.54) is 22.4 Å². The first kappa shape index (κ1) is 18.1. The van der Waals surface area contributed by atoms with E-state index in [2.05, 4.69) is 40.9 Å². The third-order valence-electron chi connectivity index (χ3n) is 3.94. The average Bonchev–Trinajstić information content (AvgIpc) is 3.25. The second-order valence-electron chi connectivity index (χ2n) is 7.14. The van der Waals surface area contributed by atoms with Crippen molar-refractivity contribution in [3.63, 3.8) is 0 Å². The minimum absolute atomic E-state index is 0.0170. The lowest BCUT2D eigenvalue weighted by Gasteiger charge is -2.16. The van der Waals surface area contributed by atoms with E-state index in [1.807, 2.05) is 23.6 Å². The molecule has 26 heavy (non-hydrogen) atoms. The average molecular weight is 371 g/mol. The molecule has 0 saturated heterocycles. The summed E-state index contributed by atoms with van der Waals surface area (Å²) in [5.41, 5.74) is 1.23. The Morgan fingerprint density at radius 2 is 2.12 bits per heavy atom. The fourth-order valence-corrected chi connectivity index (χ4v) is 3.12. The number of thiophene rings is 1. The minimum Gasteiger partial charge on any atom is -0.336 e. The number of nitrogens with zero attached hydrogens (tertiary/aromatic N) is 3. The second kappa shape index (κ2) is 6.87. The third-order valence-corrected chi connectivity index (χ3v) is 4.81. The maximum absolute atomic E-state index is 12.6. The molecule has 0 atom stereocenters. The van der Waals surface area contributed by atoms with Crippen molar-refractivity contribution in [3.8, 4) is 10.7 Å². The molecular formula is C18H21N5O2S.